The molecule has 4 aromatic rings. The summed E-state index contributed by atoms with van der Waals surface area (Å²) in [6.45, 7) is 0.360. The maximum atomic E-state index is 13.1. The van der Waals surface area contributed by atoms with Crippen molar-refractivity contribution in [3.8, 4) is 5.88 Å². The largest absolute Gasteiger partial charge is 0.477 e. The third-order valence-electron chi connectivity index (χ3n) is 4.81. The van der Waals surface area contributed by atoms with E-state index in [1.807, 2.05) is 48.6 Å². The van der Waals surface area contributed by atoms with Crippen LogP contribution in [0.1, 0.15) is 16.7 Å². The highest BCUT2D eigenvalue weighted by atomic mass is 19.1. The Bertz CT molecular complexity index is 1230. The summed E-state index contributed by atoms with van der Waals surface area (Å²) < 4.78 is 16.3. The van der Waals surface area contributed by atoms with E-state index in [0.29, 0.717) is 24.2 Å². The zero-order valence-electron chi connectivity index (χ0n) is 15.7. The lowest BCUT2D eigenvalue weighted by Gasteiger charge is -2.08. The number of allylic oxidation sites excluding steroid dienone is 1. The van der Waals surface area contributed by atoms with Crippen LogP contribution in [0.3, 0.4) is 0 Å². The van der Waals surface area contributed by atoms with Gasteiger partial charge < -0.3 is 5.11 Å². The van der Waals surface area contributed by atoms with Crippen molar-refractivity contribution in [3.63, 3.8) is 0 Å². The topological polar surface area (TPSA) is 45.6 Å². The molecule has 0 aliphatic carbocycles. The molecule has 29 heavy (non-hydrogen) atoms. The first-order valence-electron chi connectivity index (χ1n) is 9.34. The lowest BCUT2D eigenvalue weighted by molar-refractivity contribution is -0.671. The average molecular weight is 387 g/mol. The van der Waals surface area contributed by atoms with Crippen LogP contribution in [0.4, 0.5) is 4.39 Å². The fourth-order valence-electron chi connectivity index (χ4n) is 3.34. The Hall–Kier alpha value is -3.73. The smallest absolute Gasteiger partial charge is 0.349 e. The predicted octanol–water partition coefficient (Wildman–Crippen LogP) is 3.74. The molecule has 0 atom stereocenters. The fourth-order valence-corrected chi connectivity index (χ4v) is 3.34. The van der Waals surface area contributed by atoms with E-state index in [2.05, 4.69) is 0 Å². The Labute approximate surface area is 167 Å². The normalized spacial score (nSPS) is 11.3. The van der Waals surface area contributed by atoms with Crippen molar-refractivity contribution >= 4 is 11.7 Å². The molecular formula is C24H20FN2O2+. The highest BCUT2D eigenvalue weighted by molar-refractivity contribution is 5.48. The van der Waals surface area contributed by atoms with E-state index in [4.69, 9.17) is 0 Å². The van der Waals surface area contributed by atoms with E-state index < -0.39 is 0 Å². The molecule has 0 amide bonds. The molecule has 0 unspecified atom stereocenters. The second kappa shape index (κ2) is 8.10. The second-order valence-corrected chi connectivity index (χ2v) is 6.76. The summed E-state index contributed by atoms with van der Waals surface area (Å²) >= 11 is 0. The van der Waals surface area contributed by atoms with Crippen molar-refractivity contribution in [2.24, 2.45) is 0 Å². The monoisotopic (exact) mass is 387 g/mol. The highest BCUT2D eigenvalue weighted by Gasteiger charge is 2.22. The minimum atomic E-state index is -0.284. The summed E-state index contributed by atoms with van der Waals surface area (Å²) in [4.78, 5) is 13.0. The van der Waals surface area contributed by atoms with Gasteiger partial charge in [0, 0.05) is 12.5 Å². The molecule has 4 nitrogen and oxygen atoms in total. The molecule has 4 rings (SSSR count). The van der Waals surface area contributed by atoms with Crippen molar-refractivity contribution in [1.82, 2.24) is 4.40 Å². The molecule has 0 fully saturated rings. The van der Waals surface area contributed by atoms with Crippen LogP contribution in [0.25, 0.3) is 11.7 Å². The predicted molar refractivity (Wildman–Crippen MR) is 110 cm³/mol. The van der Waals surface area contributed by atoms with Crippen LogP contribution in [-0.2, 0) is 13.0 Å². The summed E-state index contributed by atoms with van der Waals surface area (Å²) in [6, 6.07) is 21.2. The molecule has 0 radical (unpaired) electrons. The molecule has 0 spiro atoms. The van der Waals surface area contributed by atoms with Crippen molar-refractivity contribution in [1.29, 1.82) is 0 Å². The minimum absolute atomic E-state index is 0.0474. The number of fused-ring (bicyclic) bond motifs is 1. The van der Waals surface area contributed by atoms with Crippen LogP contribution in [0.2, 0.25) is 0 Å². The van der Waals surface area contributed by atoms with Gasteiger partial charge in [0.25, 0.3) is 11.5 Å². The quantitative estimate of drug-likeness (QED) is 0.531. The fraction of sp³-hybridized carbons (Fsp3) is 0.0833. The molecule has 2 heterocycles. The highest BCUT2D eigenvalue weighted by Crippen LogP contribution is 2.15. The van der Waals surface area contributed by atoms with E-state index in [1.54, 1.807) is 39.4 Å². The van der Waals surface area contributed by atoms with Gasteiger partial charge in [0.2, 0.25) is 0 Å². The van der Waals surface area contributed by atoms with E-state index in [9.17, 15) is 14.3 Å². The number of halogens is 1. The molecule has 0 saturated carbocycles. The SMILES string of the molecule is O=c1c(Cc2ccccc2)c(O)[n+](C/C=C/c2ccc(F)cc2)c2ccccn12. The van der Waals surface area contributed by atoms with Gasteiger partial charge in [-0.05, 0) is 35.4 Å². The Morgan fingerprint density at radius 2 is 1.69 bits per heavy atom. The van der Waals surface area contributed by atoms with Gasteiger partial charge >= 0.3 is 5.56 Å². The summed E-state index contributed by atoms with van der Waals surface area (Å²) in [5, 5.41) is 10.9. The van der Waals surface area contributed by atoms with Crippen LogP contribution in [-0.4, -0.2) is 9.51 Å². The first-order valence-corrected chi connectivity index (χ1v) is 9.34. The van der Waals surface area contributed by atoms with E-state index >= 15 is 0 Å². The summed E-state index contributed by atoms with van der Waals surface area (Å²) in [6.07, 6.45) is 5.76. The molecule has 5 heteroatoms. The number of rotatable bonds is 5. The van der Waals surface area contributed by atoms with Crippen molar-refractivity contribution < 1.29 is 14.1 Å². The second-order valence-electron chi connectivity index (χ2n) is 6.76. The zero-order chi connectivity index (χ0) is 20.2. The van der Waals surface area contributed by atoms with Crippen molar-refractivity contribution in [2.45, 2.75) is 13.0 Å². The van der Waals surface area contributed by atoms with Gasteiger partial charge in [-0.25, -0.2) is 9.18 Å². The maximum Gasteiger partial charge on any atom is 0.349 e. The Morgan fingerprint density at radius 3 is 2.45 bits per heavy atom. The lowest BCUT2D eigenvalue weighted by atomic mass is 10.1. The number of hydrogen-bond donors (Lipinski definition) is 1. The number of aromatic hydroxyl groups is 1. The Morgan fingerprint density at radius 1 is 0.966 bits per heavy atom. The van der Waals surface area contributed by atoms with Crippen molar-refractivity contribution in [2.75, 3.05) is 0 Å². The maximum absolute atomic E-state index is 13.1. The van der Waals surface area contributed by atoms with Gasteiger partial charge in [-0.1, -0.05) is 54.6 Å². The van der Waals surface area contributed by atoms with Gasteiger partial charge in [-0.3, -0.25) is 0 Å². The number of pyridine rings is 1. The molecule has 0 bridgehead atoms. The van der Waals surface area contributed by atoms with Crippen molar-refractivity contribution in [3.05, 3.63) is 118 Å². The van der Waals surface area contributed by atoms with Gasteiger partial charge in [0.15, 0.2) is 0 Å². The summed E-state index contributed by atoms with van der Waals surface area (Å²) in [5.74, 6) is -0.332. The lowest BCUT2D eigenvalue weighted by Crippen LogP contribution is -2.41. The summed E-state index contributed by atoms with van der Waals surface area (Å²) in [7, 11) is 0. The van der Waals surface area contributed by atoms with Crippen LogP contribution < -0.4 is 10.1 Å². The number of nitrogens with zero attached hydrogens (tertiary/aromatic N) is 2. The standard InChI is InChI=1S/C24H19FN2O2/c25-20-13-11-18(12-14-20)9-6-16-27-22-10-4-5-15-26(22)23(28)21(24(27)29)17-19-7-2-1-3-8-19/h1-15H,16-17H2/p+1/b9-6+. The van der Waals surface area contributed by atoms with Gasteiger partial charge in [-0.15, -0.1) is 0 Å². The third-order valence-corrected chi connectivity index (χ3v) is 4.81. The first-order chi connectivity index (χ1) is 14.1. The van der Waals surface area contributed by atoms with E-state index in [1.165, 1.54) is 12.1 Å². The minimum Gasteiger partial charge on any atom is -0.477 e. The Kier molecular flexibility index (Phi) is 5.20. The number of benzene rings is 2. The number of hydrogen-bond acceptors (Lipinski definition) is 2. The van der Waals surface area contributed by atoms with Crippen LogP contribution in [0.5, 0.6) is 5.88 Å². The molecule has 0 aliphatic heterocycles. The van der Waals surface area contributed by atoms with E-state index in [0.717, 1.165) is 11.1 Å². The van der Waals surface area contributed by atoms with E-state index in [-0.39, 0.29) is 17.3 Å². The summed E-state index contributed by atoms with van der Waals surface area (Å²) in [5.41, 5.74) is 2.50. The van der Waals surface area contributed by atoms with Crippen LogP contribution in [0.15, 0.2) is 89.9 Å². The van der Waals surface area contributed by atoms with Gasteiger partial charge in [0.05, 0.1) is 6.20 Å². The first kappa shape index (κ1) is 18.6. The molecule has 0 saturated heterocycles. The number of aromatic nitrogens is 2. The molecule has 2 aromatic heterocycles. The van der Waals surface area contributed by atoms with Gasteiger partial charge in [-0.2, -0.15) is 8.97 Å². The molecule has 2 aromatic carbocycles. The molecule has 0 aliphatic rings. The third kappa shape index (κ3) is 3.94. The molecular weight excluding hydrogens is 367 g/mol. The van der Waals surface area contributed by atoms with Gasteiger partial charge in [0.1, 0.15) is 17.9 Å². The average Bonchev–Trinajstić information content (AvgIpc) is 2.75. The van der Waals surface area contributed by atoms with Crippen LogP contribution in [0, 0.1) is 5.82 Å². The van der Waals surface area contributed by atoms with Crippen LogP contribution >= 0.6 is 0 Å². The Balaban J connectivity index is 1.76. The molecule has 1 N–H and O–H groups in total. The molecule has 144 valence electrons. The zero-order valence-corrected chi connectivity index (χ0v) is 15.7.